The van der Waals surface area contributed by atoms with E-state index in [1.165, 1.54) is 0 Å². The molecule has 0 radical (unpaired) electrons. The molecule has 0 spiro atoms. The molecule has 0 aliphatic carbocycles. The predicted octanol–water partition coefficient (Wildman–Crippen LogP) is 0.770. The van der Waals surface area contributed by atoms with E-state index in [0.29, 0.717) is 12.8 Å². The first-order chi connectivity index (χ1) is 9.46. The Kier molecular flexibility index (Phi) is 4.77. The van der Waals surface area contributed by atoms with E-state index in [2.05, 4.69) is 5.32 Å². The molecule has 2 rings (SSSR count). The van der Waals surface area contributed by atoms with Gasteiger partial charge in [-0.05, 0) is 18.4 Å². The molecule has 2 atom stereocenters. The second-order valence-electron chi connectivity index (χ2n) is 5.24. The van der Waals surface area contributed by atoms with Crippen LogP contribution in [-0.2, 0) is 14.6 Å². The summed E-state index contributed by atoms with van der Waals surface area (Å²) in [5.74, 6) is 0.0748. The lowest BCUT2D eigenvalue weighted by Gasteiger charge is -2.23. The standard InChI is InChI=1S/C14H20N2O3S/c15-13(11-5-2-1-3-6-11)9-14(17)16-12-7-4-8-20(18,19)10-12/h1-3,5-6,12-13H,4,7-10,15H2,(H,16,17). The van der Waals surface area contributed by atoms with Crippen LogP contribution in [0.15, 0.2) is 30.3 Å². The quantitative estimate of drug-likeness (QED) is 0.859. The highest BCUT2D eigenvalue weighted by Gasteiger charge is 2.26. The van der Waals surface area contributed by atoms with E-state index in [4.69, 9.17) is 5.73 Å². The number of benzene rings is 1. The van der Waals surface area contributed by atoms with Crippen molar-refractivity contribution in [3.8, 4) is 0 Å². The van der Waals surface area contributed by atoms with Crippen molar-refractivity contribution in [3.63, 3.8) is 0 Å². The van der Waals surface area contributed by atoms with Crippen LogP contribution in [-0.4, -0.2) is 31.9 Å². The smallest absolute Gasteiger partial charge is 0.222 e. The number of rotatable bonds is 4. The lowest BCUT2D eigenvalue weighted by atomic mass is 10.0. The number of sulfone groups is 1. The average molecular weight is 296 g/mol. The first-order valence-electron chi connectivity index (χ1n) is 6.76. The molecule has 5 nitrogen and oxygen atoms in total. The van der Waals surface area contributed by atoms with Crippen LogP contribution in [0, 0.1) is 0 Å². The van der Waals surface area contributed by atoms with Crippen molar-refractivity contribution in [2.24, 2.45) is 5.73 Å². The van der Waals surface area contributed by atoms with Crippen molar-refractivity contribution in [2.45, 2.75) is 31.3 Å². The van der Waals surface area contributed by atoms with Gasteiger partial charge in [-0.25, -0.2) is 8.42 Å². The summed E-state index contributed by atoms with van der Waals surface area (Å²) in [6.45, 7) is 0. The van der Waals surface area contributed by atoms with Crippen molar-refractivity contribution in [1.82, 2.24) is 5.32 Å². The van der Waals surface area contributed by atoms with E-state index < -0.39 is 9.84 Å². The molecule has 1 saturated heterocycles. The average Bonchev–Trinajstić information content (AvgIpc) is 2.38. The number of amides is 1. The van der Waals surface area contributed by atoms with Gasteiger partial charge in [0.05, 0.1) is 11.5 Å². The summed E-state index contributed by atoms with van der Waals surface area (Å²) in [5, 5.41) is 2.78. The third-order valence-corrected chi connectivity index (χ3v) is 5.28. The summed E-state index contributed by atoms with van der Waals surface area (Å²) in [7, 11) is -3.00. The molecule has 1 amide bonds. The number of carbonyl (C=O) groups is 1. The second kappa shape index (κ2) is 6.37. The predicted molar refractivity (Wildman–Crippen MR) is 77.8 cm³/mol. The minimum absolute atomic E-state index is 0.0410. The van der Waals surface area contributed by atoms with E-state index >= 15 is 0 Å². The Morgan fingerprint density at radius 3 is 2.70 bits per heavy atom. The van der Waals surface area contributed by atoms with E-state index in [-0.39, 0.29) is 35.9 Å². The number of hydrogen-bond acceptors (Lipinski definition) is 4. The van der Waals surface area contributed by atoms with Crippen LogP contribution in [0.4, 0.5) is 0 Å². The zero-order valence-electron chi connectivity index (χ0n) is 11.3. The molecule has 1 aromatic rings. The Morgan fingerprint density at radius 1 is 1.35 bits per heavy atom. The molecule has 20 heavy (non-hydrogen) atoms. The maximum atomic E-state index is 11.9. The normalized spacial score (nSPS) is 22.9. The fraction of sp³-hybridized carbons (Fsp3) is 0.500. The number of nitrogens with one attached hydrogen (secondary N) is 1. The van der Waals surface area contributed by atoms with E-state index in [0.717, 1.165) is 5.56 Å². The number of carbonyl (C=O) groups excluding carboxylic acids is 1. The lowest BCUT2D eigenvalue weighted by molar-refractivity contribution is -0.122. The lowest BCUT2D eigenvalue weighted by Crippen LogP contribution is -2.43. The van der Waals surface area contributed by atoms with Gasteiger partial charge in [0.15, 0.2) is 9.84 Å². The molecule has 110 valence electrons. The maximum absolute atomic E-state index is 11.9. The molecule has 1 fully saturated rings. The molecule has 6 heteroatoms. The maximum Gasteiger partial charge on any atom is 0.222 e. The molecule has 1 aromatic carbocycles. The van der Waals surface area contributed by atoms with Gasteiger partial charge in [0.2, 0.25) is 5.91 Å². The summed E-state index contributed by atoms with van der Waals surface area (Å²) >= 11 is 0. The first kappa shape index (κ1) is 15.0. The molecule has 2 unspecified atom stereocenters. The third kappa shape index (κ3) is 4.31. The molecular weight excluding hydrogens is 276 g/mol. The van der Waals surface area contributed by atoms with Crippen molar-refractivity contribution >= 4 is 15.7 Å². The van der Waals surface area contributed by atoms with Crippen LogP contribution in [0.25, 0.3) is 0 Å². The SMILES string of the molecule is NC(CC(=O)NC1CCCS(=O)(=O)C1)c1ccccc1. The van der Waals surface area contributed by atoms with Crippen molar-refractivity contribution in [2.75, 3.05) is 11.5 Å². The zero-order chi connectivity index (χ0) is 14.6. The molecule has 0 bridgehead atoms. The summed E-state index contributed by atoms with van der Waals surface area (Å²) in [6, 6.07) is 8.76. The molecule has 0 saturated carbocycles. The van der Waals surface area contributed by atoms with Crippen LogP contribution in [0.5, 0.6) is 0 Å². The Bertz CT molecular complexity index is 557. The fourth-order valence-corrected chi connectivity index (χ4v) is 4.08. The Labute approximate surface area is 119 Å². The first-order valence-corrected chi connectivity index (χ1v) is 8.59. The van der Waals surface area contributed by atoms with E-state index in [1.807, 2.05) is 30.3 Å². The summed E-state index contributed by atoms with van der Waals surface area (Å²) in [5.41, 5.74) is 6.88. The summed E-state index contributed by atoms with van der Waals surface area (Å²) < 4.78 is 23.0. The highest BCUT2D eigenvalue weighted by atomic mass is 32.2. The fourth-order valence-electron chi connectivity index (χ4n) is 2.44. The highest BCUT2D eigenvalue weighted by molar-refractivity contribution is 7.91. The van der Waals surface area contributed by atoms with Crippen LogP contribution < -0.4 is 11.1 Å². The van der Waals surface area contributed by atoms with Gasteiger partial charge in [0.1, 0.15) is 0 Å². The monoisotopic (exact) mass is 296 g/mol. The third-order valence-electron chi connectivity index (χ3n) is 3.46. The van der Waals surface area contributed by atoms with Crippen molar-refractivity contribution < 1.29 is 13.2 Å². The largest absolute Gasteiger partial charge is 0.352 e. The number of hydrogen-bond donors (Lipinski definition) is 2. The van der Waals surface area contributed by atoms with E-state index in [9.17, 15) is 13.2 Å². The molecule has 1 aliphatic heterocycles. The Balaban J connectivity index is 1.86. The second-order valence-corrected chi connectivity index (χ2v) is 7.47. The molecule has 1 heterocycles. The van der Waals surface area contributed by atoms with Crippen LogP contribution in [0.3, 0.4) is 0 Å². The van der Waals surface area contributed by atoms with Crippen molar-refractivity contribution in [3.05, 3.63) is 35.9 Å². The topological polar surface area (TPSA) is 89.3 Å². The Morgan fingerprint density at radius 2 is 2.05 bits per heavy atom. The van der Waals surface area contributed by atoms with Gasteiger partial charge >= 0.3 is 0 Å². The molecular formula is C14H20N2O3S. The van der Waals surface area contributed by atoms with Gasteiger partial charge in [-0.15, -0.1) is 0 Å². The van der Waals surface area contributed by atoms with Crippen LogP contribution in [0.2, 0.25) is 0 Å². The van der Waals surface area contributed by atoms with Gasteiger partial charge in [-0.3, -0.25) is 4.79 Å². The van der Waals surface area contributed by atoms with Gasteiger partial charge in [-0.2, -0.15) is 0 Å². The molecule has 0 aromatic heterocycles. The van der Waals surface area contributed by atoms with Gasteiger partial charge in [-0.1, -0.05) is 30.3 Å². The van der Waals surface area contributed by atoms with Crippen LogP contribution in [0.1, 0.15) is 30.9 Å². The molecule has 3 N–H and O–H groups in total. The number of nitrogens with two attached hydrogens (primary N) is 1. The zero-order valence-corrected chi connectivity index (χ0v) is 12.1. The van der Waals surface area contributed by atoms with Crippen LogP contribution >= 0.6 is 0 Å². The van der Waals surface area contributed by atoms with E-state index in [1.54, 1.807) is 0 Å². The molecule has 1 aliphatic rings. The minimum atomic E-state index is -3.00. The summed E-state index contributed by atoms with van der Waals surface area (Å²) in [4.78, 5) is 11.9. The van der Waals surface area contributed by atoms with Gasteiger partial charge in [0, 0.05) is 18.5 Å². The highest BCUT2D eigenvalue weighted by Crippen LogP contribution is 2.15. The van der Waals surface area contributed by atoms with Crippen molar-refractivity contribution in [1.29, 1.82) is 0 Å². The minimum Gasteiger partial charge on any atom is -0.352 e. The van der Waals surface area contributed by atoms with Gasteiger partial charge in [0.25, 0.3) is 0 Å². The summed E-state index contributed by atoms with van der Waals surface area (Å²) in [6.07, 6.45) is 1.49. The Hall–Kier alpha value is -1.40. The van der Waals surface area contributed by atoms with Gasteiger partial charge < -0.3 is 11.1 Å².